The molecular weight excluding hydrogens is 562 g/mol. The van der Waals surface area contributed by atoms with Crippen molar-refractivity contribution in [2.45, 2.75) is 38.0 Å². The molecule has 7 nitrogen and oxygen atoms in total. The van der Waals surface area contributed by atoms with E-state index in [0.29, 0.717) is 0 Å². The van der Waals surface area contributed by atoms with E-state index in [1.165, 1.54) is 36.2 Å². The number of alkyl halides is 3. The van der Waals surface area contributed by atoms with E-state index >= 15 is 0 Å². The van der Waals surface area contributed by atoms with Crippen LogP contribution in [0.4, 0.5) is 23.2 Å². The molecular formula is C29H31F4N3O4S. The van der Waals surface area contributed by atoms with Gasteiger partial charge in [-0.2, -0.15) is 13.2 Å². The summed E-state index contributed by atoms with van der Waals surface area (Å²) in [5.74, 6) is -1.58. The topological polar surface area (TPSA) is 86.8 Å². The molecule has 0 bridgehead atoms. The van der Waals surface area contributed by atoms with Crippen LogP contribution in [-0.2, 0) is 38.8 Å². The third-order valence-corrected chi connectivity index (χ3v) is 7.62. The fraction of sp³-hybridized carbons (Fsp3) is 0.310. The van der Waals surface area contributed by atoms with Gasteiger partial charge < -0.3 is 10.2 Å². The normalized spacial score (nSPS) is 12.4. The summed E-state index contributed by atoms with van der Waals surface area (Å²) in [5.41, 5.74) is -0.250. The zero-order valence-electron chi connectivity index (χ0n) is 22.6. The van der Waals surface area contributed by atoms with Crippen molar-refractivity contribution in [2.24, 2.45) is 0 Å². The lowest BCUT2D eigenvalue weighted by Gasteiger charge is -2.31. The smallest absolute Gasteiger partial charge is 0.357 e. The summed E-state index contributed by atoms with van der Waals surface area (Å²) in [6.07, 6.45) is -3.99. The van der Waals surface area contributed by atoms with Crippen LogP contribution in [0.1, 0.15) is 29.5 Å². The standard InChI is InChI=1S/C29H31F4N3O4S/c1-34-28(38)26(18-21-10-4-3-5-11-21)35(20-22-12-6-7-15-25(22)30)27(37)16-9-17-36(41(2,39)40)24-14-8-13-23(19-24)29(31,32)33/h3-8,10-15,19,26H,9,16-18,20H2,1-2H3,(H,34,38). The third-order valence-electron chi connectivity index (χ3n) is 6.43. The number of carbonyl (C=O) groups is 2. The minimum atomic E-state index is -4.67. The van der Waals surface area contributed by atoms with Crippen LogP contribution < -0.4 is 9.62 Å². The quantitative estimate of drug-likeness (QED) is 0.307. The van der Waals surface area contributed by atoms with Crippen molar-refractivity contribution in [3.8, 4) is 0 Å². The molecule has 0 aromatic heterocycles. The summed E-state index contributed by atoms with van der Waals surface area (Å²) in [4.78, 5) is 27.8. The number of amides is 2. The lowest BCUT2D eigenvalue weighted by molar-refractivity contribution is -0.141. The van der Waals surface area contributed by atoms with Gasteiger partial charge in [-0.05, 0) is 36.2 Å². The van der Waals surface area contributed by atoms with E-state index < -0.39 is 45.4 Å². The number of halogens is 4. The van der Waals surface area contributed by atoms with Crippen LogP contribution in [0.5, 0.6) is 0 Å². The molecule has 41 heavy (non-hydrogen) atoms. The first-order valence-electron chi connectivity index (χ1n) is 12.7. The number of sulfonamides is 1. The van der Waals surface area contributed by atoms with Gasteiger partial charge in [-0.1, -0.05) is 54.6 Å². The number of hydrogen-bond donors (Lipinski definition) is 1. The molecule has 1 N–H and O–H groups in total. The number of carbonyl (C=O) groups excluding carboxylic acids is 2. The number of anilines is 1. The van der Waals surface area contributed by atoms with Crippen molar-refractivity contribution in [3.05, 3.63) is 101 Å². The van der Waals surface area contributed by atoms with Crippen molar-refractivity contribution >= 4 is 27.5 Å². The van der Waals surface area contributed by atoms with E-state index in [-0.39, 0.29) is 43.6 Å². The second-order valence-electron chi connectivity index (χ2n) is 9.42. The number of rotatable bonds is 12. The highest BCUT2D eigenvalue weighted by Gasteiger charge is 2.32. The minimum Gasteiger partial charge on any atom is -0.357 e. The molecule has 2 amide bonds. The largest absolute Gasteiger partial charge is 0.416 e. The number of likely N-dealkylation sites (N-methyl/N-ethyl adjacent to an activating group) is 1. The Balaban J connectivity index is 1.87. The van der Waals surface area contributed by atoms with Gasteiger partial charge in [0, 0.05) is 38.5 Å². The molecule has 0 spiro atoms. The number of nitrogens with one attached hydrogen (secondary N) is 1. The molecule has 0 heterocycles. The Morgan fingerprint density at radius 3 is 2.22 bits per heavy atom. The lowest BCUT2D eigenvalue weighted by atomic mass is 10.0. The Kier molecular flexibility index (Phi) is 10.5. The SMILES string of the molecule is CNC(=O)C(Cc1ccccc1)N(Cc1ccccc1F)C(=O)CCCN(c1cccc(C(F)(F)F)c1)S(C)(=O)=O. The Morgan fingerprint density at radius 2 is 1.61 bits per heavy atom. The number of benzene rings is 3. The summed E-state index contributed by atoms with van der Waals surface area (Å²) in [6, 6.07) is 17.7. The Hall–Kier alpha value is -3.93. The van der Waals surface area contributed by atoms with Crippen LogP contribution in [-0.4, -0.2) is 51.0 Å². The summed E-state index contributed by atoms with van der Waals surface area (Å²) in [5, 5.41) is 2.55. The highest BCUT2D eigenvalue weighted by molar-refractivity contribution is 7.92. The molecule has 0 radical (unpaired) electrons. The maximum atomic E-state index is 14.6. The monoisotopic (exact) mass is 593 g/mol. The molecule has 0 fully saturated rings. The predicted octanol–water partition coefficient (Wildman–Crippen LogP) is 4.78. The second-order valence-corrected chi connectivity index (χ2v) is 11.3. The fourth-order valence-electron chi connectivity index (χ4n) is 4.37. The minimum absolute atomic E-state index is 0.0677. The van der Waals surface area contributed by atoms with Crippen LogP contribution in [0.15, 0.2) is 78.9 Å². The zero-order chi connectivity index (χ0) is 30.2. The molecule has 0 aliphatic rings. The summed E-state index contributed by atoms with van der Waals surface area (Å²) >= 11 is 0. The molecule has 12 heteroatoms. The summed E-state index contributed by atoms with van der Waals surface area (Å²) < 4.78 is 80.0. The van der Waals surface area contributed by atoms with Gasteiger partial charge in [-0.25, -0.2) is 12.8 Å². The van der Waals surface area contributed by atoms with E-state index in [1.807, 2.05) is 0 Å². The molecule has 1 unspecified atom stereocenters. The molecule has 0 saturated carbocycles. The number of nitrogens with zero attached hydrogens (tertiary/aromatic N) is 2. The van der Waals surface area contributed by atoms with Crippen LogP contribution in [0, 0.1) is 5.82 Å². The molecule has 3 aromatic carbocycles. The first kappa shape index (κ1) is 31.6. The first-order chi connectivity index (χ1) is 19.3. The maximum absolute atomic E-state index is 14.6. The Labute approximate surface area is 236 Å². The Bertz CT molecular complexity index is 1450. The van der Waals surface area contributed by atoms with Gasteiger partial charge in [0.1, 0.15) is 11.9 Å². The lowest BCUT2D eigenvalue weighted by Crippen LogP contribution is -2.50. The average Bonchev–Trinajstić information content (AvgIpc) is 2.93. The number of hydrogen-bond acceptors (Lipinski definition) is 4. The molecule has 0 aliphatic carbocycles. The van der Waals surface area contributed by atoms with Gasteiger partial charge in [0.25, 0.3) is 0 Å². The van der Waals surface area contributed by atoms with Gasteiger partial charge in [0.05, 0.1) is 17.5 Å². The van der Waals surface area contributed by atoms with Gasteiger partial charge in [-0.15, -0.1) is 0 Å². The first-order valence-corrected chi connectivity index (χ1v) is 14.6. The molecule has 1 atom stereocenters. The van der Waals surface area contributed by atoms with Gasteiger partial charge >= 0.3 is 6.18 Å². The van der Waals surface area contributed by atoms with E-state index in [1.54, 1.807) is 36.4 Å². The molecule has 220 valence electrons. The summed E-state index contributed by atoms with van der Waals surface area (Å²) in [6.45, 7) is -0.511. The molecule has 0 aliphatic heterocycles. The van der Waals surface area contributed by atoms with Crippen LogP contribution >= 0.6 is 0 Å². The Morgan fingerprint density at radius 1 is 0.951 bits per heavy atom. The average molecular weight is 594 g/mol. The molecule has 0 saturated heterocycles. The maximum Gasteiger partial charge on any atom is 0.416 e. The van der Waals surface area contributed by atoms with E-state index in [2.05, 4.69) is 5.32 Å². The van der Waals surface area contributed by atoms with E-state index in [0.717, 1.165) is 34.3 Å². The van der Waals surface area contributed by atoms with Gasteiger partial charge in [0.2, 0.25) is 21.8 Å². The van der Waals surface area contributed by atoms with Crippen molar-refractivity contribution in [1.82, 2.24) is 10.2 Å². The molecule has 3 rings (SSSR count). The van der Waals surface area contributed by atoms with Crippen molar-refractivity contribution < 1.29 is 35.6 Å². The highest BCUT2D eigenvalue weighted by Crippen LogP contribution is 2.32. The predicted molar refractivity (Wildman–Crippen MR) is 148 cm³/mol. The van der Waals surface area contributed by atoms with Crippen LogP contribution in [0.3, 0.4) is 0 Å². The van der Waals surface area contributed by atoms with E-state index in [9.17, 15) is 35.6 Å². The second kappa shape index (κ2) is 13.6. The zero-order valence-corrected chi connectivity index (χ0v) is 23.4. The highest BCUT2D eigenvalue weighted by atomic mass is 32.2. The fourth-order valence-corrected chi connectivity index (χ4v) is 5.33. The van der Waals surface area contributed by atoms with Gasteiger partial charge in [-0.3, -0.25) is 13.9 Å². The van der Waals surface area contributed by atoms with Gasteiger partial charge in [0.15, 0.2) is 0 Å². The van der Waals surface area contributed by atoms with Crippen LogP contribution in [0.2, 0.25) is 0 Å². The van der Waals surface area contributed by atoms with Crippen molar-refractivity contribution in [1.29, 1.82) is 0 Å². The summed E-state index contributed by atoms with van der Waals surface area (Å²) in [7, 11) is -2.58. The van der Waals surface area contributed by atoms with Crippen LogP contribution in [0.25, 0.3) is 0 Å². The van der Waals surface area contributed by atoms with Crippen molar-refractivity contribution in [2.75, 3.05) is 24.2 Å². The van der Waals surface area contributed by atoms with E-state index in [4.69, 9.17) is 0 Å². The molecule has 3 aromatic rings. The van der Waals surface area contributed by atoms with Crippen molar-refractivity contribution in [3.63, 3.8) is 0 Å². The third kappa shape index (κ3) is 8.78.